The van der Waals surface area contributed by atoms with Gasteiger partial charge in [0.2, 0.25) is 5.91 Å². The molecule has 0 aliphatic carbocycles. The molecule has 1 amide bonds. The number of aromatic nitrogens is 2. The third-order valence-electron chi connectivity index (χ3n) is 4.30. The Morgan fingerprint density at radius 1 is 1.40 bits per heavy atom. The van der Waals surface area contributed by atoms with Crippen LogP contribution in [0.5, 0.6) is 0 Å². The van der Waals surface area contributed by atoms with Gasteiger partial charge in [-0.05, 0) is 12.8 Å². The molecular weight excluding hydrogens is 326 g/mol. The monoisotopic (exact) mass is 351 g/mol. The minimum atomic E-state index is -1.06. The smallest absolute Gasteiger partial charge is 0.303 e. The Kier molecular flexibility index (Phi) is 6.13. The lowest BCUT2D eigenvalue weighted by Gasteiger charge is -2.41. The average molecular weight is 351 g/mol. The number of carbonyl (C=O) groups excluding carboxylic acids is 1. The second-order valence-electron chi connectivity index (χ2n) is 6.40. The topological polar surface area (TPSA) is 119 Å². The predicted molar refractivity (Wildman–Crippen MR) is 92.5 cm³/mol. The van der Waals surface area contributed by atoms with E-state index in [1.807, 2.05) is 11.0 Å². The van der Waals surface area contributed by atoms with E-state index in [9.17, 15) is 14.7 Å². The predicted octanol–water partition coefficient (Wildman–Crippen LogP) is 0.173. The van der Waals surface area contributed by atoms with Gasteiger partial charge in [0.15, 0.2) is 0 Å². The van der Waals surface area contributed by atoms with E-state index in [1.165, 1.54) is 11.2 Å². The van der Waals surface area contributed by atoms with Crippen LogP contribution in [0.2, 0.25) is 0 Å². The fourth-order valence-corrected chi connectivity index (χ4v) is 3.03. The van der Waals surface area contributed by atoms with Crippen LogP contribution in [0.15, 0.2) is 12.4 Å². The zero-order chi connectivity index (χ0) is 18.4. The molecule has 0 saturated carbocycles. The molecule has 9 heteroatoms. The van der Waals surface area contributed by atoms with Gasteiger partial charge in [-0.15, -0.1) is 0 Å². The van der Waals surface area contributed by atoms with Gasteiger partial charge in [-0.1, -0.05) is 0 Å². The Morgan fingerprint density at radius 2 is 2.16 bits per heavy atom. The number of likely N-dealkylation sites (N-methyl/N-ethyl adjacent to an activating group) is 1. The SMILES string of the molecule is CNc1cc(N2CCCC(O)(CN(C)C(=O)CCC(=O)O)C2)ncn1. The van der Waals surface area contributed by atoms with Gasteiger partial charge < -0.3 is 25.3 Å². The molecule has 0 bridgehead atoms. The number of nitrogens with one attached hydrogen (secondary N) is 1. The zero-order valence-electron chi connectivity index (χ0n) is 14.6. The standard InChI is InChI=1S/C16H25N5O4/c1-17-12-8-13(19-11-18-12)21-7-3-6-16(25,10-21)9-20(2)14(22)4-5-15(23)24/h8,11,25H,3-7,9-10H2,1-2H3,(H,23,24)(H,17,18,19). The number of rotatable bonds is 7. The molecule has 1 unspecified atom stereocenters. The van der Waals surface area contributed by atoms with Gasteiger partial charge in [0.1, 0.15) is 18.0 Å². The number of piperidine rings is 1. The van der Waals surface area contributed by atoms with E-state index >= 15 is 0 Å². The van der Waals surface area contributed by atoms with Crippen LogP contribution >= 0.6 is 0 Å². The second kappa shape index (κ2) is 8.11. The molecule has 0 aromatic carbocycles. The summed E-state index contributed by atoms with van der Waals surface area (Å²) < 4.78 is 0. The quantitative estimate of drug-likeness (QED) is 0.636. The summed E-state index contributed by atoms with van der Waals surface area (Å²) in [5.74, 6) is 0.123. The van der Waals surface area contributed by atoms with E-state index in [-0.39, 0.29) is 25.3 Å². The maximum atomic E-state index is 12.0. The number of anilines is 2. The van der Waals surface area contributed by atoms with Crippen LogP contribution < -0.4 is 10.2 Å². The lowest BCUT2D eigenvalue weighted by atomic mass is 9.92. The maximum absolute atomic E-state index is 12.0. The molecule has 1 fully saturated rings. The number of carboxylic acid groups (broad SMARTS) is 1. The summed E-state index contributed by atoms with van der Waals surface area (Å²) in [4.78, 5) is 34.3. The molecule has 138 valence electrons. The summed E-state index contributed by atoms with van der Waals surface area (Å²) in [6.07, 6.45) is 2.54. The molecule has 1 aliphatic rings. The van der Waals surface area contributed by atoms with E-state index < -0.39 is 11.6 Å². The van der Waals surface area contributed by atoms with Crippen LogP contribution in [0.4, 0.5) is 11.6 Å². The van der Waals surface area contributed by atoms with Gasteiger partial charge >= 0.3 is 5.97 Å². The average Bonchev–Trinajstić information content (AvgIpc) is 2.59. The van der Waals surface area contributed by atoms with E-state index in [0.29, 0.717) is 18.8 Å². The number of hydrogen-bond acceptors (Lipinski definition) is 7. The van der Waals surface area contributed by atoms with Gasteiger partial charge in [0, 0.05) is 39.7 Å². The second-order valence-corrected chi connectivity index (χ2v) is 6.40. The van der Waals surface area contributed by atoms with Crippen molar-refractivity contribution in [2.45, 2.75) is 31.3 Å². The molecule has 0 radical (unpaired) electrons. The summed E-state index contributed by atoms with van der Waals surface area (Å²) in [5.41, 5.74) is -1.06. The molecule has 3 N–H and O–H groups in total. The third-order valence-corrected chi connectivity index (χ3v) is 4.30. The van der Waals surface area contributed by atoms with Crippen LogP contribution in [-0.2, 0) is 9.59 Å². The molecule has 1 saturated heterocycles. The number of aliphatic carboxylic acids is 1. The fraction of sp³-hybridized carbons (Fsp3) is 0.625. The maximum Gasteiger partial charge on any atom is 0.303 e. The Balaban J connectivity index is 2.00. The molecule has 2 heterocycles. The van der Waals surface area contributed by atoms with Crippen molar-refractivity contribution in [3.05, 3.63) is 12.4 Å². The van der Waals surface area contributed by atoms with E-state index in [1.54, 1.807) is 14.1 Å². The lowest BCUT2D eigenvalue weighted by molar-refractivity contribution is -0.141. The van der Waals surface area contributed by atoms with Crippen molar-refractivity contribution >= 4 is 23.5 Å². The zero-order valence-corrected chi connectivity index (χ0v) is 14.6. The largest absolute Gasteiger partial charge is 0.481 e. The van der Waals surface area contributed by atoms with Crippen LogP contribution in [-0.4, -0.2) is 76.3 Å². The first-order valence-electron chi connectivity index (χ1n) is 8.26. The van der Waals surface area contributed by atoms with Crippen molar-refractivity contribution in [1.82, 2.24) is 14.9 Å². The van der Waals surface area contributed by atoms with Gasteiger partial charge in [-0.3, -0.25) is 9.59 Å². The molecular formula is C16H25N5O4. The number of hydrogen-bond donors (Lipinski definition) is 3. The molecule has 25 heavy (non-hydrogen) atoms. The van der Waals surface area contributed by atoms with E-state index in [4.69, 9.17) is 5.11 Å². The third kappa shape index (κ3) is 5.28. The number of β-amino-alcohol motifs (C(OH)–C–C–N with tert-alkyl or cyclic N) is 1. The molecule has 9 nitrogen and oxygen atoms in total. The minimum Gasteiger partial charge on any atom is -0.481 e. The fourth-order valence-electron chi connectivity index (χ4n) is 3.03. The van der Waals surface area contributed by atoms with Gasteiger partial charge in [0.05, 0.1) is 18.6 Å². The van der Waals surface area contributed by atoms with Crippen molar-refractivity contribution in [3.63, 3.8) is 0 Å². The number of aliphatic hydroxyl groups is 1. The summed E-state index contributed by atoms with van der Waals surface area (Å²) in [5, 5.41) is 22.5. The van der Waals surface area contributed by atoms with Crippen molar-refractivity contribution in [3.8, 4) is 0 Å². The first-order chi connectivity index (χ1) is 11.8. The highest BCUT2D eigenvalue weighted by molar-refractivity contribution is 5.80. The van der Waals surface area contributed by atoms with Gasteiger partial charge in [-0.25, -0.2) is 9.97 Å². The van der Waals surface area contributed by atoms with E-state index in [0.717, 1.165) is 18.8 Å². The van der Waals surface area contributed by atoms with Crippen LogP contribution in [0, 0.1) is 0 Å². The van der Waals surface area contributed by atoms with Crippen LogP contribution in [0.1, 0.15) is 25.7 Å². The highest BCUT2D eigenvalue weighted by Gasteiger charge is 2.36. The molecule has 1 aromatic rings. The van der Waals surface area contributed by atoms with Crippen molar-refractivity contribution in [2.24, 2.45) is 0 Å². The summed E-state index contributed by atoms with van der Waals surface area (Å²) in [6.45, 7) is 1.27. The Bertz CT molecular complexity index is 626. The lowest BCUT2D eigenvalue weighted by Crippen LogP contribution is -2.54. The first kappa shape index (κ1) is 18.9. The summed E-state index contributed by atoms with van der Waals surface area (Å²) in [6, 6.07) is 1.81. The normalized spacial score (nSPS) is 20.2. The molecule has 1 aromatic heterocycles. The van der Waals surface area contributed by atoms with Crippen molar-refractivity contribution in [1.29, 1.82) is 0 Å². The summed E-state index contributed by atoms with van der Waals surface area (Å²) >= 11 is 0. The number of carbonyl (C=O) groups is 2. The van der Waals surface area contributed by atoms with E-state index in [2.05, 4.69) is 15.3 Å². The molecule has 1 aliphatic heterocycles. The number of carboxylic acids is 1. The van der Waals surface area contributed by atoms with Gasteiger partial charge in [-0.2, -0.15) is 0 Å². The molecule has 0 spiro atoms. The number of nitrogens with zero attached hydrogens (tertiary/aromatic N) is 4. The Labute approximate surface area is 146 Å². The Morgan fingerprint density at radius 3 is 2.84 bits per heavy atom. The highest BCUT2D eigenvalue weighted by Crippen LogP contribution is 2.26. The minimum absolute atomic E-state index is 0.0664. The first-order valence-corrected chi connectivity index (χ1v) is 8.26. The van der Waals surface area contributed by atoms with Crippen LogP contribution in [0.25, 0.3) is 0 Å². The van der Waals surface area contributed by atoms with Crippen molar-refractivity contribution in [2.75, 3.05) is 43.9 Å². The van der Waals surface area contributed by atoms with Crippen LogP contribution in [0.3, 0.4) is 0 Å². The number of amides is 1. The highest BCUT2D eigenvalue weighted by atomic mass is 16.4. The summed E-state index contributed by atoms with van der Waals surface area (Å²) in [7, 11) is 3.36. The van der Waals surface area contributed by atoms with Crippen molar-refractivity contribution < 1.29 is 19.8 Å². The molecule has 2 rings (SSSR count). The Hall–Kier alpha value is -2.42. The molecule has 1 atom stereocenters. The van der Waals surface area contributed by atoms with Gasteiger partial charge in [0.25, 0.3) is 0 Å².